The van der Waals surface area contributed by atoms with E-state index in [2.05, 4.69) is 31.4 Å². The minimum atomic E-state index is -0.846. The monoisotopic (exact) mass is 673 g/mol. The molecule has 0 saturated heterocycles. The third-order valence-electron chi connectivity index (χ3n) is 10.4. The molecule has 0 unspecified atom stereocenters. The van der Waals surface area contributed by atoms with Crippen molar-refractivity contribution < 1.29 is 28.6 Å². The highest BCUT2D eigenvalue weighted by Crippen LogP contribution is 2.58. The molecule has 256 valence electrons. The van der Waals surface area contributed by atoms with Gasteiger partial charge in [-0.2, -0.15) is 0 Å². The Hall–Kier alpha value is -3.79. The quantitative estimate of drug-likeness (QED) is 0.190. The lowest BCUT2D eigenvalue weighted by Crippen LogP contribution is -2.38. The molecule has 3 aliphatic rings. The van der Waals surface area contributed by atoms with E-state index in [0.29, 0.717) is 37.3 Å². The van der Waals surface area contributed by atoms with Crippen LogP contribution in [0, 0.1) is 30.1 Å². The Morgan fingerprint density at radius 2 is 1.92 bits per heavy atom. The Morgan fingerprint density at radius 3 is 2.65 bits per heavy atom. The lowest BCUT2D eigenvalue weighted by Gasteiger charge is -2.25. The molecular formula is C38H47N3O6S. The number of amides is 1. The second kappa shape index (κ2) is 14.0. The molecule has 2 aliphatic carbocycles. The highest BCUT2D eigenvalue weighted by Gasteiger charge is 2.61. The highest BCUT2D eigenvalue weighted by molar-refractivity contribution is 7.13. The lowest BCUT2D eigenvalue weighted by molar-refractivity contribution is -0.152. The minimum absolute atomic E-state index is 0.0161. The van der Waals surface area contributed by atoms with Gasteiger partial charge in [-0.15, -0.1) is 11.3 Å². The van der Waals surface area contributed by atoms with Crippen LogP contribution in [0.4, 0.5) is 0 Å². The number of allylic oxidation sites excluding steroid dienone is 2. The summed E-state index contributed by atoms with van der Waals surface area (Å²) in [6.45, 7) is 8.91. The Morgan fingerprint density at radius 1 is 1.12 bits per heavy atom. The van der Waals surface area contributed by atoms with Gasteiger partial charge < -0.3 is 19.1 Å². The predicted octanol–water partition coefficient (Wildman–Crippen LogP) is 7.30. The van der Waals surface area contributed by atoms with Crippen molar-refractivity contribution in [3.8, 4) is 22.2 Å². The lowest BCUT2D eigenvalue weighted by atomic mass is 9.84. The number of hydrogen-bond acceptors (Lipinski definition) is 9. The maximum atomic E-state index is 14.2. The fraction of sp³-hybridized carbons (Fsp3) is 0.553. The molecule has 0 bridgehead atoms. The molecule has 1 aromatic carbocycles. The van der Waals surface area contributed by atoms with Crippen LogP contribution in [0.2, 0.25) is 0 Å². The zero-order valence-corrected chi connectivity index (χ0v) is 29.7. The Labute approximate surface area is 287 Å². The van der Waals surface area contributed by atoms with E-state index in [1.165, 1.54) is 0 Å². The number of pyridine rings is 1. The molecule has 6 rings (SSSR count). The molecule has 1 aliphatic heterocycles. The predicted molar refractivity (Wildman–Crippen MR) is 186 cm³/mol. The number of benzene rings is 1. The van der Waals surface area contributed by atoms with E-state index in [1.807, 2.05) is 32.2 Å². The van der Waals surface area contributed by atoms with Gasteiger partial charge in [0.2, 0.25) is 5.91 Å². The summed E-state index contributed by atoms with van der Waals surface area (Å²) < 4.78 is 17.9. The number of fused-ring (bicyclic) bond motifs is 3. The summed E-state index contributed by atoms with van der Waals surface area (Å²) in [6.07, 6.45) is 8.02. The normalized spacial score (nSPS) is 26.9. The van der Waals surface area contributed by atoms with Crippen LogP contribution in [0.5, 0.6) is 11.5 Å². The van der Waals surface area contributed by atoms with E-state index < -0.39 is 17.3 Å². The molecule has 2 aromatic heterocycles. The number of Topliss-reactive ketones (excluding diaryl/α,β-unsaturated/α-hetero) is 1. The summed E-state index contributed by atoms with van der Waals surface area (Å²) >= 11 is 1.55. The van der Waals surface area contributed by atoms with Crippen molar-refractivity contribution in [1.82, 2.24) is 14.9 Å². The van der Waals surface area contributed by atoms with E-state index >= 15 is 0 Å². The topological polar surface area (TPSA) is 108 Å². The first-order chi connectivity index (χ1) is 23.1. The maximum absolute atomic E-state index is 14.2. The van der Waals surface area contributed by atoms with Crippen molar-refractivity contribution in [1.29, 1.82) is 0 Å². The first kappa shape index (κ1) is 34.1. The fourth-order valence-electron chi connectivity index (χ4n) is 7.45. The maximum Gasteiger partial charge on any atom is 0.313 e. The molecule has 5 atom stereocenters. The highest BCUT2D eigenvalue weighted by atomic mass is 32.1. The van der Waals surface area contributed by atoms with Gasteiger partial charge in [0.05, 0.1) is 36.3 Å². The second-order valence-corrected chi connectivity index (χ2v) is 14.8. The largest absolute Gasteiger partial charge is 0.496 e. The third-order valence-corrected chi connectivity index (χ3v) is 11.3. The molecular weight excluding hydrogens is 626 g/mol. The van der Waals surface area contributed by atoms with Crippen LogP contribution in [0.25, 0.3) is 21.6 Å². The van der Waals surface area contributed by atoms with Crippen molar-refractivity contribution >= 4 is 39.9 Å². The van der Waals surface area contributed by atoms with Gasteiger partial charge >= 0.3 is 5.97 Å². The van der Waals surface area contributed by atoms with E-state index in [0.717, 1.165) is 52.2 Å². The van der Waals surface area contributed by atoms with Gasteiger partial charge in [0.25, 0.3) is 0 Å². The first-order valence-electron chi connectivity index (χ1n) is 17.3. The van der Waals surface area contributed by atoms with Crippen LogP contribution in [-0.4, -0.2) is 65.9 Å². The summed E-state index contributed by atoms with van der Waals surface area (Å²) in [4.78, 5) is 53.0. The molecule has 0 spiro atoms. The number of carbonyl (C=O) groups excluding carboxylic acids is 3. The summed E-state index contributed by atoms with van der Waals surface area (Å²) in [5.41, 5.74) is 2.52. The van der Waals surface area contributed by atoms with Crippen LogP contribution in [0.1, 0.15) is 82.9 Å². The molecule has 3 aromatic rings. The number of hydrogen-bond donors (Lipinski definition) is 0. The third kappa shape index (κ3) is 6.60. The van der Waals surface area contributed by atoms with Gasteiger partial charge in [0.1, 0.15) is 34.1 Å². The first-order valence-corrected chi connectivity index (χ1v) is 18.2. The van der Waals surface area contributed by atoms with Crippen LogP contribution in [0.15, 0.2) is 35.7 Å². The molecule has 10 heteroatoms. The van der Waals surface area contributed by atoms with E-state index in [9.17, 15) is 14.4 Å². The van der Waals surface area contributed by atoms with Gasteiger partial charge in [-0.3, -0.25) is 14.4 Å². The Bertz CT molecular complexity index is 1730. The molecule has 3 heterocycles. The number of esters is 1. The fourth-order valence-corrected chi connectivity index (χ4v) is 8.39. The number of rotatable bonds is 7. The van der Waals surface area contributed by atoms with E-state index in [1.54, 1.807) is 30.3 Å². The van der Waals surface area contributed by atoms with Crippen LogP contribution >= 0.6 is 11.3 Å². The van der Waals surface area contributed by atoms with E-state index in [-0.39, 0.29) is 48.6 Å². The molecule has 2 fully saturated rings. The molecule has 1 amide bonds. The van der Waals surface area contributed by atoms with Crippen LogP contribution < -0.4 is 9.47 Å². The van der Waals surface area contributed by atoms with Gasteiger partial charge in [-0.1, -0.05) is 26.0 Å². The molecule has 0 N–H and O–H groups in total. The number of methoxy groups -OCH3 is 1. The van der Waals surface area contributed by atoms with Gasteiger partial charge in [0.15, 0.2) is 0 Å². The number of ether oxygens (including phenoxy) is 3. The second-order valence-electron chi connectivity index (χ2n) is 14.0. The zero-order valence-electron chi connectivity index (χ0n) is 28.9. The Kier molecular flexibility index (Phi) is 9.93. The van der Waals surface area contributed by atoms with Crippen LogP contribution in [-0.2, 0) is 19.1 Å². The molecule has 0 radical (unpaired) electrons. The van der Waals surface area contributed by atoms with Crippen molar-refractivity contribution in [3.63, 3.8) is 0 Å². The zero-order chi connectivity index (χ0) is 34.2. The molecule has 2 saturated carbocycles. The average Bonchev–Trinajstić information content (AvgIpc) is 3.37. The molecule has 48 heavy (non-hydrogen) atoms. The van der Waals surface area contributed by atoms with Crippen molar-refractivity contribution in [3.05, 3.63) is 47.0 Å². The Balaban J connectivity index is 1.34. The van der Waals surface area contributed by atoms with Crippen molar-refractivity contribution in [2.24, 2.45) is 23.2 Å². The van der Waals surface area contributed by atoms with Gasteiger partial charge in [-0.25, -0.2) is 9.97 Å². The smallest absolute Gasteiger partial charge is 0.313 e. The SMILES string of the molecule is CCOC(=O)[C@]12CC(=O)[C@@H]3C[C@@H](Oc4cc(-c5nc(C(C)C)cs5)nc5c(C)c(OC)ccc45)C[C@H]3C(=O)N(C)CCCC/C=C\[C@H]1C2. The van der Waals surface area contributed by atoms with Gasteiger partial charge in [-0.05, 0) is 76.3 Å². The van der Waals surface area contributed by atoms with Crippen molar-refractivity contribution in [2.75, 3.05) is 27.3 Å². The number of aryl methyl sites for hydroxylation is 1. The number of thiazole rings is 1. The van der Waals surface area contributed by atoms with Gasteiger partial charge in [0, 0.05) is 48.3 Å². The minimum Gasteiger partial charge on any atom is -0.496 e. The van der Waals surface area contributed by atoms with E-state index in [4.69, 9.17) is 24.2 Å². The average molecular weight is 674 g/mol. The summed E-state index contributed by atoms with van der Waals surface area (Å²) in [7, 11) is 3.47. The van der Waals surface area contributed by atoms with Crippen molar-refractivity contribution in [2.45, 2.75) is 84.7 Å². The molecule has 9 nitrogen and oxygen atoms in total. The summed E-state index contributed by atoms with van der Waals surface area (Å²) in [5, 5.41) is 3.70. The van der Waals surface area contributed by atoms with Crippen LogP contribution in [0.3, 0.4) is 0 Å². The number of aromatic nitrogens is 2. The standard InChI is InChI=1S/C38H47N3O6S/c1-7-46-37(44)38-19-24(38)12-10-8-9-11-15-41(5)36(43)28-17-25(16-27(28)31(42)20-38)47-33-18-29(35-40-30(21-48-35)22(2)3)39-34-23(4)32(45-6)14-13-26(33)34/h10,12-14,18,21-22,24-25,27-28H,7-9,11,15-17,19-20H2,1-6H3/b12-10-/t24-,25+,27+,28+,38+/m0/s1. The number of ketones is 1. The summed E-state index contributed by atoms with van der Waals surface area (Å²) in [6, 6.07) is 5.80. The summed E-state index contributed by atoms with van der Waals surface area (Å²) in [5.74, 6) is 0.169. The number of carbonyl (C=O) groups is 3. The number of nitrogens with zero attached hydrogens (tertiary/aromatic N) is 3.